The maximum atomic E-state index is 6.36. The molecule has 9 aromatic carbocycles. The maximum Gasteiger partial charge on any atom is 0.164 e. The number of nitrogens with zero attached hydrogens (tertiary/aromatic N) is 4. The minimum absolute atomic E-state index is 0.607. The van der Waals surface area contributed by atoms with Crippen molar-refractivity contribution < 1.29 is 4.42 Å². The van der Waals surface area contributed by atoms with Crippen LogP contribution in [0.15, 0.2) is 223 Å². The summed E-state index contributed by atoms with van der Waals surface area (Å²) in [6.07, 6.45) is 0. The van der Waals surface area contributed by atoms with Gasteiger partial charge in [0.05, 0.1) is 11.2 Å². The lowest BCUT2D eigenvalue weighted by Crippen LogP contribution is -2.00. The van der Waals surface area contributed by atoms with E-state index < -0.39 is 0 Å². The molecule has 0 spiro atoms. The lowest BCUT2D eigenvalue weighted by molar-refractivity contribution is 0.670. The Balaban J connectivity index is 0.907. The van der Waals surface area contributed by atoms with Crippen LogP contribution >= 0.6 is 0 Å². The number of pyridine rings is 1. The summed E-state index contributed by atoms with van der Waals surface area (Å²) in [5, 5.41) is 5.70. The molecular formula is C58H36N4O. The Morgan fingerprint density at radius 2 is 0.778 bits per heavy atom. The van der Waals surface area contributed by atoms with E-state index in [1.165, 1.54) is 10.9 Å². The maximum absolute atomic E-state index is 6.36. The number of hydrogen-bond acceptors (Lipinski definition) is 5. The molecule has 0 saturated heterocycles. The van der Waals surface area contributed by atoms with E-state index in [4.69, 9.17) is 24.4 Å². The van der Waals surface area contributed by atoms with Crippen molar-refractivity contribution in [3.8, 4) is 78.8 Å². The van der Waals surface area contributed by atoms with E-state index in [0.29, 0.717) is 17.5 Å². The summed E-state index contributed by atoms with van der Waals surface area (Å²) in [7, 11) is 0. The predicted octanol–water partition coefficient (Wildman–Crippen LogP) is 15.1. The monoisotopic (exact) mass is 804 g/mol. The fraction of sp³-hybridized carbons (Fsp3) is 0. The summed E-state index contributed by atoms with van der Waals surface area (Å²) in [4.78, 5) is 20.3. The molecular weight excluding hydrogens is 769 g/mol. The van der Waals surface area contributed by atoms with Gasteiger partial charge in [-0.05, 0) is 46.0 Å². The van der Waals surface area contributed by atoms with Crippen LogP contribution < -0.4 is 0 Å². The first-order chi connectivity index (χ1) is 31.2. The Bertz CT molecular complexity index is 3660. The van der Waals surface area contributed by atoms with Crippen molar-refractivity contribution in [2.75, 3.05) is 0 Å². The Hall–Kier alpha value is -8.54. The Kier molecular flexibility index (Phi) is 8.75. The van der Waals surface area contributed by atoms with E-state index in [2.05, 4.69) is 164 Å². The second-order valence-electron chi connectivity index (χ2n) is 15.8. The normalized spacial score (nSPS) is 11.5. The SMILES string of the molecule is c1ccc(-c2nc(-c3ccc(-c4cccc5c4oc4ccccc45)cc3)nc(-c3cccc(-c4ccc(-c5cccc6c(-c7ccccc7)nc7ccccc7c56)cc4)c3)n2)cc1. The van der Waals surface area contributed by atoms with E-state index in [-0.39, 0.29) is 0 Å². The minimum Gasteiger partial charge on any atom is -0.455 e. The molecule has 0 amide bonds. The van der Waals surface area contributed by atoms with Crippen molar-refractivity contribution in [2.45, 2.75) is 0 Å². The summed E-state index contributed by atoms with van der Waals surface area (Å²) in [5.74, 6) is 1.84. The third kappa shape index (κ3) is 6.51. The molecule has 0 atom stereocenters. The number of furan rings is 1. The molecule has 294 valence electrons. The molecule has 0 aliphatic heterocycles. The van der Waals surface area contributed by atoms with Gasteiger partial charge in [-0.3, -0.25) is 0 Å². The van der Waals surface area contributed by atoms with E-state index in [9.17, 15) is 0 Å². The van der Waals surface area contributed by atoms with Crippen molar-refractivity contribution >= 4 is 43.6 Å². The van der Waals surface area contributed by atoms with Crippen molar-refractivity contribution in [1.29, 1.82) is 0 Å². The number of rotatable bonds is 7. The molecule has 0 aliphatic carbocycles. The summed E-state index contributed by atoms with van der Waals surface area (Å²) < 4.78 is 6.36. The van der Waals surface area contributed by atoms with Crippen LogP contribution in [0.1, 0.15) is 0 Å². The van der Waals surface area contributed by atoms with E-state index in [0.717, 1.165) is 94.0 Å². The van der Waals surface area contributed by atoms with Gasteiger partial charge in [0.1, 0.15) is 11.2 Å². The van der Waals surface area contributed by atoms with Crippen LogP contribution in [0.2, 0.25) is 0 Å². The molecule has 0 fully saturated rings. The standard InChI is InChI=1S/C58H36N4O/c1-3-14-40(15-4-1)54-50-25-12-22-45(53(50)49-21-7-9-26-51(49)59-54)38-30-28-37(29-31-38)43-18-11-19-44(36-43)58-61-56(41-16-5-2-6-17-41)60-57(62-58)42-34-32-39(33-35-42)46-23-13-24-48-47-20-8-10-27-52(47)63-55(46)48/h1-36H. The van der Waals surface area contributed by atoms with E-state index in [1.807, 2.05) is 54.6 Å². The van der Waals surface area contributed by atoms with Gasteiger partial charge in [-0.15, -0.1) is 0 Å². The smallest absolute Gasteiger partial charge is 0.164 e. The first kappa shape index (κ1) is 36.3. The Morgan fingerprint density at radius 1 is 0.286 bits per heavy atom. The quantitative estimate of drug-likeness (QED) is 0.150. The molecule has 63 heavy (non-hydrogen) atoms. The zero-order valence-electron chi connectivity index (χ0n) is 34.0. The van der Waals surface area contributed by atoms with E-state index in [1.54, 1.807) is 0 Å². The zero-order valence-corrected chi connectivity index (χ0v) is 34.0. The highest BCUT2D eigenvalue weighted by Gasteiger charge is 2.17. The molecule has 0 unspecified atom stereocenters. The highest BCUT2D eigenvalue weighted by Crippen LogP contribution is 2.40. The Labute approximate surface area is 363 Å². The van der Waals surface area contributed by atoms with Gasteiger partial charge in [-0.1, -0.05) is 200 Å². The van der Waals surface area contributed by atoms with Crippen LogP contribution in [0.4, 0.5) is 0 Å². The second kappa shape index (κ2) is 15.2. The van der Waals surface area contributed by atoms with Crippen LogP contribution in [0.25, 0.3) is 122 Å². The van der Waals surface area contributed by atoms with E-state index >= 15 is 0 Å². The van der Waals surface area contributed by atoms with Gasteiger partial charge < -0.3 is 4.42 Å². The fourth-order valence-corrected chi connectivity index (χ4v) is 8.86. The Morgan fingerprint density at radius 3 is 1.52 bits per heavy atom. The van der Waals surface area contributed by atoms with Gasteiger partial charge in [0.2, 0.25) is 0 Å². The van der Waals surface area contributed by atoms with Crippen LogP contribution in [0.5, 0.6) is 0 Å². The molecule has 5 heteroatoms. The molecule has 3 aromatic heterocycles. The molecule has 0 N–H and O–H groups in total. The minimum atomic E-state index is 0.607. The van der Waals surface area contributed by atoms with Crippen LogP contribution in [-0.4, -0.2) is 19.9 Å². The number of benzene rings is 9. The lowest BCUT2D eigenvalue weighted by atomic mass is 9.92. The highest BCUT2D eigenvalue weighted by molar-refractivity contribution is 6.17. The molecule has 3 heterocycles. The summed E-state index contributed by atoms with van der Waals surface area (Å²) in [5.41, 5.74) is 14.2. The average molecular weight is 805 g/mol. The van der Waals surface area contributed by atoms with Crippen molar-refractivity contribution in [2.24, 2.45) is 0 Å². The average Bonchev–Trinajstić information content (AvgIpc) is 3.76. The number of para-hydroxylation sites is 3. The first-order valence-corrected chi connectivity index (χ1v) is 21.1. The van der Waals surface area contributed by atoms with Gasteiger partial charge in [-0.25, -0.2) is 19.9 Å². The van der Waals surface area contributed by atoms with Gasteiger partial charge in [-0.2, -0.15) is 0 Å². The number of hydrogen-bond donors (Lipinski definition) is 0. The highest BCUT2D eigenvalue weighted by atomic mass is 16.3. The largest absolute Gasteiger partial charge is 0.455 e. The number of aromatic nitrogens is 4. The van der Waals surface area contributed by atoms with Crippen molar-refractivity contribution in [1.82, 2.24) is 19.9 Å². The topological polar surface area (TPSA) is 64.7 Å². The fourth-order valence-electron chi connectivity index (χ4n) is 8.86. The lowest BCUT2D eigenvalue weighted by Gasteiger charge is -2.14. The zero-order chi connectivity index (χ0) is 41.7. The molecule has 12 rings (SSSR count). The second-order valence-corrected chi connectivity index (χ2v) is 15.8. The molecule has 5 nitrogen and oxygen atoms in total. The first-order valence-electron chi connectivity index (χ1n) is 21.1. The predicted molar refractivity (Wildman–Crippen MR) is 258 cm³/mol. The molecule has 0 bridgehead atoms. The molecule has 0 aliphatic rings. The molecule has 0 saturated carbocycles. The van der Waals surface area contributed by atoms with Crippen LogP contribution in [0.3, 0.4) is 0 Å². The van der Waals surface area contributed by atoms with Crippen molar-refractivity contribution in [3.05, 3.63) is 218 Å². The third-order valence-electron chi connectivity index (χ3n) is 11.9. The van der Waals surface area contributed by atoms with Gasteiger partial charge >= 0.3 is 0 Å². The van der Waals surface area contributed by atoms with Crippen LogP contribution in [0, 0.1) is 0 Å². The van der Waals surface area contributed by atoms with Crippen LogP contribution in [-0.2, 0) is 0 Å². The van der Waals surface area contributed by atoms with Crippen molar-refractivity contribution in [3.63, 3.8) is 0 Å². The summed E-state index contributed by atoms with van der Waals surface area (Å²) in [6.45, 7) is 0. The van der Waals surface area contributed by atoms with Gasteiger partial charge in [0.25, 0.3) is 0 Å². The van der Waals surface area contributed by atoms with Gasteiger partial charge in [0, 0.05) is 54.7 Å². The number of fused-ring (bicyclic) bond motifs is 6. The molecule has 0 radical (unpaired) electrons. The summed E-state index contributed by atoms with van der Waals surface area (Å²) in [6, 6.07) is 75.8. The summed E-state index contributed by atoms with van der Waals surface area (Å²) >= 11 is 0. The van der Waals surface area contributed by atoms with Gasteiger partial charge in [0.15, 0.2) is 17.5 Å². The third-order valence-corrected chi connectivity index (χ3v) is 11.9. The molecule has 12 aromatic rings.